The molecule has 0 saturated heterocycles. The Morgan fingerprint density at radius 1 is 0.426 bits per heavy atom. The number of aromatic nitrogens is 3. The first kappa shape index (κ1) is 34.7. The molecular weight excluding hydrogens is 748 g/mol. The van der Waals surface area contributed by atoms with Crippen molar-refractivity contribution in [3.8, 4) is 51.0 Å². The number of hydrogen-bond donors (Lipinski definition) is 0. The van der Waals surface area contributed by atoms with Crippen LogP contribution in [0.15, 0.2) is 200 Å². The van der Waals surface area contributed by atoms with Gasteiger partial charge in [0.25, 0.3) is 0 Å². The summed E-state index contributed by atoms with van der Waals surface area (Å²) in [6.07, 6.45) is 0. The van der Waals surface area contributed by atoms with E-state index in [2.05, 4.69) is 161 Å². The van der Waals surface area contributed by atoms with Crippen molar-refractivity contribution in [1.29, 1.82) is 5.26 Å². The summed E-state index contributed by atoms with van der Waals surface area (Å²) in [5.41, 5.74) is 12.4. The average Bonchev–Trinajstić information content (AvgIpc) is 3.83. The molecule has 3 heterocycles. The summed E-state index contributed by atoms with van der Waals surface area (Å²) >= 11 is 0. The fraction of sp³-hybridized carbons (Fsp3) is 0. The minimum absolute atomic E-state index is 0.399. The van der Waals surface area contributed by atoms with Gasteiger partial charge in [-0.3, -0.25) is 4.57 Å². The molecule has 0 aliphatic heterocycles. The molecule has 9 aromatic carbocycles. The summed E-state index contributed by atoms with van der Waals surface area (Å²) in [5, 5.41) is 18.2. The molecule has 284 valence electrons. The van der Waals surface area contributed by atoms with Crippen molar-refractivity contribution >= 4 is 65.3 Å². The van der Waals surface area contributed by atoms with E-state index >= 15 is 0 Å². The average molecular weight is 781 g/mol. The minimum atomic E-state index is -0.399. The van der Waals surface area contributed by atoms with E-state index in [0.717, 1.165) is 55.2 Å². The van der Waals surface area contributed by atoms with Gasteiger partial charge >= 0.3 is 0 Å². The van der Waals surface area contributed by atoms with Gasteiger partial charge in [0.1, 0.15) is 17.7 Å². The molecule has 0 fully saturated rings. The SMILES string of the molecule is N#Cc1c(-c2ccccc2)c(-n2c3ccccc3c3cc(-c4ccc5c(c4)c4ccccc4n5-c4ccc(-c5cccc6ccccc56)cc4)ccc32)nc2cc(F)ccc12. The lowest BCUT2D eigenvalue weighted by Crippen LogP contribution is -2.04. The van der Waals surface area contributed by atoms with Crippen LogP contribution in [0.3, 0.4) is 0 Å². The summed E-state index contributed by atoms with van der Waals surface area (Å²) < 4.78 is 19.2. The molecule has 0 spiro atoms. The third-order valence-corrected chi connectivity index (χ3v) is 12.2. The number of rotatable bonds is 5. The van der Waals surface area contributed by atoms with Gasteiger partial charge in [-0.05, 0) is 99.3 Å². The highest BCUT2D eigenvalue weighted by molar-refractivity contribution is 6.13. The Labute approximate surface area is 350 Å². The first-order valence-electron chi connectivity index (χ1n) is 20.4. The predicted molar refractivity (Wildman–Crippen MR) is 249 cm³/mol. The van der Waals surface area contributed by atoms with E-state index in [-0.39, 0.29) is 0 Å². The van der Waals surface area contributed by atoms with Crippen molar-refractivity contribution in [2.75, 3.05) is 0 Å². The van der Waals surface area contributed by atoms with Gasteiger partial charge in [0.2, 0.25) is 0 Å². The number of para-hydroxylation sites is 2. The number of nitriles is 1. The second kappa shape index (κ2) is 13.6. The monoisotopic (exact) mass is 780 g/mol. The predicted octanol–water partition coefficient (Wildman–Crippen LogP) is 14.6. The van der Waals surface area contributed by atoms with Crippen molar-refractivity contribution < 1.29 is 4.39 Å². The fourth-order valence-corrected chi connectivity index (χ4v) is 9.46. The van der Waals surface area contributed by atoms with Crippen molar-refractivity contribution in [2.45, 2.75) is 0 Å². The first-order chi connectivity index (χ1) is 30.1. The molecule has 61 heavy (non-hydrogen) atoms. The molecule has 0 aliphatic carbocycles. The molecule has 0 radical (unpaired) electrons. The highest BCUT2D eigenvalue weighted by Gasteiger charge is 2.23. The maximum absolute atomic E-state index is 14.7. The van der Waals surface area contributed by atoms with E-state index in [1.807, 2.05) is 36.4 Å². The van der Waals surface area contributed by atoms with Crippen LogP contribution >= 0.6 is 0 Å². The number of fused-ring (bicyclic) bond motifs is 8. The van der Waals surface area contributed by atoms with E-state index < -0.39 is 5.82 Å². The standard InChI is InChI=1S/C56H33FN4/c57-40-25-28-44-49(34-58)55(37-12-2-1-3-13-37)56(59-50(44)33-40)61-52-20-9-7-17-46(52)48-32-39(24-30-54(48)61)38-23-29-53-47(31-38)45-16-6-8-19-51(45)60(53)41-26-21-36(22-27-41)43-18-10-14-35-11-4-5-15-42(35)43/h1-33H. The maximum Gasteiger partial charge on any atom is 0.147 e. The van der Waals surface area contributed by atoms with Crippen molar-refractivity contribution in [2.24, 2.45) is 0 Å². The molecule has 0 saturated carbocycles. The summed E-state index contributed by atoms with van der Waals surface area (Å²) in [4.78, 5) is 5.14. The highest BCUT2D eigenvalue weighted by Crippen LogP contribution is 2.42. The van der Waals surface area contributed by atoms with E-state index in [0.29, 0.717) is 27.8 Å². The summed E-state index contributed by atoms with van der Waals surface area (Å²) in [6, 6.07) is 71.0. The summed E-state index contributed by atoms with van der Waals surface area (Å²) in [7, 11) is 0. The van der Waals surface area contributed by atoms with Gasteiger partial charge in [0, 0.05) is 44.2 Å². The topological polar surface area (TPSA) is 46.5 Å². The third-order valence-electron chi connectivity index (χ3n) is 12.2. The van der Waals surface area contributed by atoms with Crippen LogP contribution < -0.4 is 0 Å². The Kier molecular flexibility index (Phi) is 7.75. The maximum atomic E-state index is 14.7. The van der Waals surface area contributed by atoms with Crippen LogP contribution in [0.25, 0.3) is 110 Å². The largest absolute Gasteiger partial charge is 0.309 e. The second-order valence-electron chi connectivity index (χ2n) is 15.6. The number of nitrogens with zero attached hydrogens (tertiary/aromatic N) is 4. The number of hydrogen-bond acceptors (Lipinski definition) is 2. The third kappa shape index (κ3) is 5.40. The lowest BCUT2D eigenvalue weighted by Gasteiger charge is -2.16. The normalized spacial score (nSPS) is 11.7. The molecule has 3 aromatic heterocycles. The molecule has 0 unspecified atom stereocenters. The van der Waals surface area contributed by atoms with Gasteiger partial charge in [-0.25, -0.2) is 9.37 Å². The highest BCUT2D eigenvalue weighted by atomic mass is 19.1. The van der Waals surface area contributed by atoms with Gasteiger partial charge in [0.15, 0.2) is 0 Å². The van der Waals surface area contributed by atoms with Crippen molar-refractivity contribution in [1.82, 2.24) is 14.1 Å². The first-order valence-corrected chi connectivity index (χ1v) is 20.4. The lowest BCUT2D eigenvalue weighted by molar-refractivity contribution is 0.629. The number of pyridine rings is 1. The molecule has 4 nitrogen and oxygen atoms in total. The van der Waals surface area contributed by atoms with E-state index in [1.54, 1.807) is 6.07 Å². The summed E-state index contributed by atoms with van der Waals surface area (Å²) in [5.74, 6) is 0.184. The van der Waals surface area contributed by atoms with Gasteiger partial charge in [-0.1, -0.05) is 133 Å². The smallest absolute Gasteiger partial charge is 0.147 e. The van der Waals surface area contributed by atoms with Crippen LogP contribution in [0.5, 0.6) is 0 Å². The van der Waals surface area contributed by atoms with Gasteiger partial charge in [-0.15, -0.1) is 0 Å². The van der Waals surface area contributed by atoms with Crippen LogP contribution in [-0.4, -0.2) is 14.1 Å². The van der Waals surface area contributed by atoms with Crippen LogP contribution in [0.4, 0.5) is 4.39 Å². The molecule has 12 rings (SSSR count). The Balaban J connectivity index is 1.02. The lowest BCUT2D eigenvalue weighted by atomic mass is 9.97. The molecular formula is C56H33FN4. The van der Waals surface area contributed by atoms with E-state index in [1.165, 1.54) is 44.8 Å². The molecule has 0 aliphatic rings. The second-order valence-corrected chi connectivity index (χ2v) is 15.6. The fourth-order valence-electron chi connectivity index (χ4n) is 9.46. The Bertz CT molecular complexity index is 3770. The summed E-state index contributed by atoms with van der Waals surface area (Å²) in [6.45, 7) is 0. The van der Waals surface area contributed by atoms with Crippen LogP contribution in [0.1, 0.15) is 5.56 Å². The van der Waals surface area contributed by atoms with E-state index in [4.69, 9.17) is 4.98 Å². The number of benzene rings is 9. The molecule has 12 aromatic rings. The van der Waals surface area contributed by atoms with Gasteiger partial charge < -0.3 is 4.57 Å². The Morgan fingerprint density at radius 3 is 1.70 bits per heavy atom. The molecule has 0 N–H and O–H groups in total. The van der Waals surface area contributed by atoms with Crippen LogP contribution in [0, 0.1) is 17.1 Å². The Hall–Kier alpha value is -8.33. The zero-order valence-corrected chi connectivity index (χ0v) is 32.7. The van der Waals surface area contributed by atoms with Crippen LogP contribution in [0.2, 0.25) is 0 Å². The van der Waals surface area contributed by atoms with Gasteiger partial charge in [-0.2, -0.15) is 5.26 Å². The van der Waals surface area contributed by atoms with Crippen LogP contribution in [-0.2, 0) is 0 Å². The molecule has 5 heteroatoms. The molecule has 0 amide bonds. The number of halogens is 1. The Morgan fingerprint density at radius 2 is 1.00 bits per heavy atom. The zero-order chi connectivity index (χ0) is 40.6. The van der Waals surface area contributed by atoms with Crippen molar-refractivity contribution in [3.63, 3.8) is 0 Å². The quantitative estimate of drug-likeness (QED) is 0.175. The zero-order valence-electron chi connectivity index (χ0n) is 32.7. The molecule has 0 atom stereocenters. The van der Waals surface area contributed by atoms with Crippen molar-refractivity contribution in [3.05, 3.63) is 212 Å². The minimum Gasteiger partial charge on any atom is -0.309 e. The molecule has 0 bridgehead atoms. The van der Waals surface area contributed by atoms with Gasteiger partial charge in [0.05, 0.1) is 33.1 Å². The van der Waals surface area contributed by atoms with E-state index in [9.17, 15) is 9.65 Å².